The van der Waals surface area contributed by atoms with Crippen molar-refractivity contribution >= 4 is 11.6 Å². The summed E-state index contributed by atoms with van der Waals surface area (Å²) < 4.78 is 0. The molecule has 2 heterocycles. The van der Waals surface area contributed by atoms with Gasteiger partial charge in [-0.2, -0.15) is 0 Å². The topological polar surface area (TPSA) is 23.6 Å². The first-order valence-electron chi connectivity index (χ1n) is 8.38. The highest BCUT2D eigenvalue weighted by atomic mass is 16.2. The van der Waals surface area contributed by atoms with Gasteiger partial charge in [-0.15, -0.1) is 0 Å². The van der Waals surface area contributed by atoms with Crippen LogP contribution < -0.4 is 4.90 Å². The summed E-state index contributed by atoms with van der Waals surface area (Å²) in [5, 5.41) is 0. The summed E-state index contributed by atoms with van der Waals surface area (Å²) in [6.07, 6.45) is 7.44. The summed E-state index contributed by atoms with van der Waals surface area (Å²) in [6, 6.07) is 8.63. The third-order valence-corrected chi connectivity index (χ3v) is 4.78. The van der Waals surface area contributed by atoms with Gasteiger partial charge in [-0.1, -0.05) is 37.5 Å². The number of para-hydroxylation sites is 1. The maximum absolute atomic E-state index is 12.8. The summed E-state index contributed by atoms with van der Waals surface area (Å²) in [5.74, 6) is 0.271. The molecule has 0 saturated carbocycles. The molecule has 0 aromatic heterocycles. The number of carbonyl (C=O) groups is 1. The third kappa shape index (κ3) is 3.29. The number of rotatable bonds is 2. The Hall–Kier alpha value is -1.35. The van der Waals surface area contributed by atoms with Crippen LogP contribution in [-0.4, -0.2) is 36.5 Å². The molecular formula is C18H26N2O. The smallest absolute Gasteiger partial charge is 0.241 e. The molecule has 2 aliphatic rings. The summed E-state index contributed by atoms with van der Waals surface area (Å²) in [6.45, 7) is 4.90. The normalized spacial score (nSPS) is 23.5. The predicted molar refractivity (Wildman–Crippen MR) is 86.6 cm³/mol. The second-order valence-corrected chi connectivity index (χ2v) is 6.49. The Labute approximate surface area is 127 Å². The monoisotopic (exact) mass is 286 g/mol. The van der Waals surface area contributed by atoms with Crippen LogP contribution in [0.5, 0.6) is 0 Å². The van der Waals surface area contributed by atoms with Gasteiger partial charge in [-0.3, -0.25) is 9.69 Å². The van der Waals surface area contributed by atoms with E-state index in [4.69, 9.17) is 0 Å². The molecule has 3 heteroatoms. The van der Waals surface area contributed by atoms with Gasteiger partial charge < -0.3 is 4.90 Å². The van der Waals surface area contributed by atoms with Crippen LogP contribution >= 0.6 is 0 Å². The van der Waals surface area contributed by atoms with E-state index in [0.717, 1.165) is 25.2 Å². The van der Waals surface area contributed by atoms with Gasteiger partial charge in [0.15, 0.2) is 0 Å². The van der Waals surface area contributed by atoms with Crippen LogP contribution in [0.1, 0.15) is 44.6 Å². The Kier molecular flexibility index (Phi) is 4.59. The highest BCUT2D eigenvalue weighted by Gasteiger charge is 2.31. The molecule has 1 amide bonds. The molecule has 114 valence electrons. The van der Waals surface area contributed by atoms with E-state index in [2.05, 4.69) is 30.0 Å². The van der Waals surface area contributed by atoms with Gasteiger partial charge in [-0.25, -0.2) is 0 Å². The van der Waals surface area contributed by atoms with Crippen LogP contribution in [0, 0.1) is 0 Å². The lowest BCUT2D eigenvalue weighted by molar-refractivity contribution is -0.120. The number of hydrogen-bond acceptors (Lipinski definition) is 2. The average Bonchev–Trinajstić information content (AvgIpc) is 2.77. The van der Waals surface area contributed by atoms with Gasteiger partial charge in [0, 0.05) is 11.7 Å². The lowest BCUT2D eigenvalue weighted by Crippen LogP contribution is -2.43. The zero-order chi connectivity index (χ0) is 14.7. The molecule has 1 atom stereocenters. The van der Waals surface area contributed by atoms with Crippen LogP contribution in [0.15, 0.2) is 24.3 Å². The molecule has 0 bridgehead atoms. The fourth-order valence-corrected chi connectivity index (χ4v) is 3.68. The van der Waals surface area contributed by atoms with Crippen LogP contribution in [0.25, 0.3) is 0 Å². The minimum absolute atomic E-state index is 0.271. The van der Waals surface area contributed by atoms with Crippen LogP contribution in [0.3, 0.4) is 0 Å². The zero-order valence-electron chi connectivity index (χ0n) is 13.1. The number of amides is 1. The first kappa shape index (κ1) is 14.6. The second-order valence-electron chi connectivity index (χ2n) is 6.49. The fourth-order valence-electron chi connectivity index (χ4n) is 3.68. The summed E-state index contributed by atoms with van der Waals surface area (Å²) in [5.41, 5.74) is 2.44. The van der Waals surface area contributed by atoms with E-state index in [1.54, 1.807) is 0 Å². The number of carbonyl (C=O) groups excluding carboxylic acids is 1. The second kappa shape index (κ2) is 6.61. The van der Waals surface area contributed by atoms with Crippen molar-refractivity contribution in [2.24, 2.45) is 0 Å². The molecule has 2 aliphatic heterocycles. The van der Waals surface area contributed by atoms with E-state index < -0.39 is 0 Å². The first-order valence-corrected chi connectivity index (χ1v) is 8.38. The van der Waals surface area contributed by atoms with Crippen molar-refractivity contribution in [1.29, 1.82) is 0 Å². The SMILES string of the molecule is CC1Cc2ccccc2N1C(=O)CN1CCCCCCC1. The molecular weight excluding hydrogens is 260 g/mol. The molecule has 1 fully saturated rings. The van der Waals surface area contributed by atoms with Gasteiger partial charge >= 0.3 is 0 Å². The molecule has 1 aromatic carbocycles. The average molecular weight is 286 g/mol. The molecule has 21 heavy (non-hydrogen) atoms. The Morgan fingerprint density at radius 2 is 1.76 bits per heavy atom. The Morgan fingerprint density at radius 3 is 2.52 bits per heavy atom. The molecule has 1 unspecified atom stereocenters. The molecule has 3 nitrogen and oxygen atoms in total. The van der Waals surface area contributed by atoms with Gasteiger partial charge in [0.25, 0.3) is 0 Å². The lowest BCUT2D eigenvalue weighted by Gasteiger charge is -2.28. The van der Waals surface area contributed by atoms with Crippen LogP contribution in [0.2, 0.25) is 0 Å². The number of anilines is 1. The minimum atomic E-state index is 0.271. The third-order valence-electron chi connectivity index (χ3n) is 4.78. The van der Waals surface area contributed by atoms with Crippen molar-refractivity contribution < 1.29 is 4.79 Å². The summed E-state index contributed by atoms with van der Waals surface area (Å²) in [7, 11) is 0. The summed E-state index contributed by atoms with van der Waals surface area (Å²) in [4.78, 5) is 17.1. The quantitative estimate of drug-likeness (QED) is 0.833. The van der Waals surface area contributed by atoms with Crippen LogP contribution in [-0.2, 0) is 11.2 Å². The molecule has 3 rings (SSSR count). The maximum atomic E-state index is 12.8. The predicted octanol–water partition coefficient (Wildman–Crippen LogP) is 3.23. The van der Waals surface area contributed by atoms with Crippen molar-refractivity contribution in [2.75, 3.05) is 24.5 Å². The molecule has 0 N–H and O–H groups in total. The maximum Gasteiger partial charge on any atom is 0.241 e. The van der Waals surface area contributed by atoms with E-state index >= 15 is 0 Å². The van der Waals surface area contributed by atoms with E-state index in [1.807, 2.05) is 11.0 Å². The highest BCUT2D eigenvalue weighted by molar-refractivity contribution is 5.97. The standard InChI is InChI=1S/C18H26N2O/c1-15-13-16-9-5-6-10-17(16)20(15)18(21)14-19-11-7-3-2-4-8-12-19/h5-6,9-10,15H,2-4,7-8,11-14H2,1H3. The minimum Gasteiger partial charge on any atom is -0.308 e. The number of fused-ring (bicyclic) bond motifs is 1. The van der Waals surface area contributed by atoms with Crippen molar-refractivity contribution in [2.45, 2.75) is 51.5 Å². The van der Waals surface area contributed by atoms with Crippen molar-refractivity contribution in [3.8, 4) is 0 Å². The molecule has 1 aromatic rings. The molecule has 0 aliphatic carbocycles. The molecule has 1 saturated heterocycles. The largest absolute Gasteiger partial charge is 0.308 e. The Balaban J connectivity index is 1.67. The number of hydrogen-bond donors (Lipinski definition) is 0. The van der Waals surface area contributed by atoms with Crippen molar-refractivity contribution in [1.82, 2.24) is 4.90 Å². The molecule has 0 spiro atoms. The van der Waals surface area contributed by atoms with Crippen molar-refractivity contribution in [3.63, 3.8) is 0 Å². The number of benzene rings is 1. The number of likely N-dealkylation sites (tertiary alicyclic amines) is 1. The van der Waals surface area contributed by atoms with E-state index in [9.17, 15) is 4.79 Å². The highest BCUT2D eigenvalue weighted by Crippen LogP contribution is 2.31. The Morgan fingerprint density at radius 1 is 1.10 bits per heavy atom. The zero-order valence-corrected chi connectivity index (χ0v) is 13.1. The van der Waals surface area contributed by atoms with E-state index in [0.29, 0.717) is 12.6 Å². The van der Waals surface area contributed by atoms with Gasteiger partial charge in [0.2, 0.25) is 5.91 Å². The van der Waals surface area contributed by atoms with E-state index in [-0.39, 0.29) is 5.91 Å². The van der Waals surface area contributed by atoms with Gasteiger partial charge in [-0.05, 0) is 50.9 Å². The van der Waals surface area contributed by atoms with Gasteiger partial charge in [0.05, 0.1) is 6.54 Å². The Bertz CT molecular complexity index is 492. The van der Waals surface area contributed by atoms with Gasteiger partial charge in [0.1, 0.15) is 0 Å². The first-order chi connectivity index (χ1) is 10.3. The molecule has 0 radical (unpaired) electrons. The fraction of sp³-hybridized carbons (Fsp3) is 0.611. The van der Waals surface area contributed by atoms with Crippen molar-refractivity contribution in [3.05, 3.63) is 29.8 Å². The lowest BCUT2D eigenvalue weighted by atomic mass is 10.1. The van der Waals surface area contributed by atoms with Crippen LogP contribution in [0.4, 0.5) is 5.69 Å². The summed E-state index contributed by atoms with van der Waals surface area (Å²) >= 11 is 0. The van der Waals surface area contributed by atoms with E-state index in [1.165, 1.54) is 37.7 Å². The number of nitrogens with zero attached hydrogens (tertiary/aromatic N) is 2.